The standard InChI is InChI=1S/C13H22N2O2/c16-13-12(14-11-1-2-11)4-7-15(13)6-3-10-5-8-17-9-10/h10-12,14H,1-9H2. The van der Waals surface area contributed by atoms with Gasteiger partial charge in [0.2, 0.25) is 5.91 Å². The minimum absolute atomic E-state index is 0.113. The lowest BCUT2D eigenvalue weighted by Crippen LogP contribution is -2.39. The van der Waals surface area contributed by atoms with Crippen molar-refractivity contribution in [2.75, 3.05) is 26.3 Å². The van der Waals surface area contributed by atoms with Gasteiger partial charge in [-0.05, 0) is 38.0 Å². The van der Waals surface area contributed by atoms with Crippen LogP contribution in [0.1, 0.15) is 32.1 Å². The van der Waals surface area contributed by atoms with Crippen LogP contribution in [-0.2, 0) is 9.53 Å². The van der Waals surface area contributed by atoms with Crippen LogP contribution >= 0.6 is 0 Å². The van der Waals surface area contributed by atoms with Crippen molar-refractivity contribution in [3.63, 3.8) is 0 Å². The molecule has 2 saturated heterocycles. The van der Waals surface area contributed by atoms with E-state index < -0.39 is 0 Å². The van der Waals surface area contributed by atoms with Crippen LogP contribution in [0.25, 0.3) is 0 Å². The molecule has 96 valence electrons. The summed E-state index contributed by atoms with van der Waals surface area (Å²) >= 11 is 0. The molecule has 2 heterocycles. The molecule has 1 amide bonds. The zero-order valence-electron chi connectivity index (χ0n) is 10.4. The van der Waals surface area contributed by atoms with Gasteiger partial charge in [-0.1, -0.05) is 0 Å². The zero-order valence-corrected chi connectivity index (χ0v) is 10.4. The number of nitrogens with one attached hydrogen (secondary N) is 1. The fraction of sp³-hybridized carbons (Fsp3) is 0.923. The summed E-state index contributed by atoms with van der Waals surface area (Å²) in [6, 6.07) is 0.745. The number of carbonyl (C=O) groups excluding carboxylic acids is 1. The third kappa shape index (κ3) is 2.80. The van der Waals surface area contributed by atoms with Crippen LogP contribution < -0.4 is 5.32 Å². The number of hydrogen-bond acceptors (Lipinski definition) is 3. The van der Waals surface area contributed by atoms with Crippen molar-refractivity contribution in [3.05, 3.63) is 0 Å². The van der Waals surface area contributed by atoms with Gasteiger partial charge in [-0.2, -0.15) is 0 Å². The molecule has 3 aliphatic rings. The number of ether oxygens (including phenoxy) is 1. The maximum absolute atomic E-state index is 12.1. The minimum atomic E-state index is 0.113. The smallest absolute Gasteiger partial charge is 0.239 e. The highest BCUT2D eigenvalue weighted by Crippen LogP contribution is 2.23. The predicted octanol–water partition coefficient (Wildman–Crippen LogP) is 0.766. The van der Waals surface area contributed by atoms with E-state index in [1.165, 1.54) is 19.3 Å². The second kappa shape index (κ2) is 4.94. The van der Waals surface area contributed by atoms with Gasteiger partial charge >= 0.3 is 0 Å². The second-order valence-electron chi connectivity index (χ2n) is 5.63. The number of amides is 1. The highest BCUT2D eigenvalue weighted by Gasteiger charge is 2.35. The molecular formula is C13H22N2O2. The summed E-state index contributed by atoms with van der Waals surface area (Å²) in [5.41, 5.74) is 0. The Hall–Kier alpha value is -0.610. The number of carbonyl (C=O) groups is 1. The van der Waals surface area contributed by atoms with Crippen LogP contribution in [0, 0.1) is 5.92 Å². The maximum atomic E-state index is 12.1. The molecule has 0 radical (unpaired) electrons. The van der Waals surface area contributed by atoms with E-state index in [9.17, 15) is 4.79 Å². The number of nitrogens with zero attached hydrogens (tertiary/aromatic N) is 1. The van der Waals surface area contributed by atoms with E-state index in [2.05, 4.69) is 5.32 Å². The Bertz CT molecular complexity index is 285. The van der Waals surface area contributed by atoms with Crippen molar-refractivity contribution in [1.29, 1.82) is 0 Å². The monoisotopic (exact) mass is 238 g/mol. The van der Waals surface area contributed by atoms with Crippen LogP contribution in [-0.4, -0.2) is 49.2 Å². The minimum Gasteiger partial charge on any atom is -0.381 e. The fourth-order valence-electron chi connectivity index (χ4n) is 2.80. The van der Waals surface area contributed by atoms with Crippen molar-refractivity contribution in [2.45, 2.75) is 44.2 Å². The van der Waals surface area contributed by atoms with Crippen molar-refractivity contribution >= 4 is 5.91 Å². The molecule has 2 unspecified atom stereocenters. The molecule has 0 aromatic carbocycles. The van der Waals surface area contributed by atoms with Gasteiger partial charge in [0.1, 0.15) is 0 Å². The van der Waals surface area contributed by atoms with Crippen molar-refractivity contribution < 1.29 is 9.53 Å². The molecule has 0 spiro atoms. The Labute approximate surface area is 103 Å². The first-order chi connectivity index (χ1) is 8.33. The van der Waals surface area contributed by atoms with E-state index >= 15 is 0 Å². The Balaban J connectivity index is 1.42. The highest BCUT2D eigenvalue weighted by molar-refractivity contribution is 5.84. The van der Waals surface area contributed by atoms with Crippen LogP contribution in [0.4, 0.5) is 0 Å². The molecule has 0 aromatic heterocycles. The lowest BCUT2D eigenvalue weighted by molar-refractivity contribution is -0.129. The van der Waals surface area contributed by atoms with Gasteiger partial charge in [0.05, 0.1) is 6.04 Å². The van der Waals surface area contributed by atoms with Gasteiger partial charge in [-0.3, -0.25) is 4.79 Å². The Morgan fingerprint density at radius 1 is 1.29 bits per heavy atom. The lowest BCUT2D eigenvalue weighted by atomic mass is 10.1. The van der Waals surface area contributed by atoms with Gasteiger partial charge in [0.15, 0.2) is 0 Å². The number of hydrogen-bond donors (Lipinski definition) is 1. The van der Waals surface area contributed by atoms with Crippen molar-refractivity contribution in [2.24, 2.45) is 5.92 Å². The van der Waals surface area contributed by atoms with Gasteiger partial charge in [-0.25, -0.2) is 0 Å². The summed E-state index contributed by atoms with van der Waals surface area (Å²) in [5, 5.41) is 3.44. The maximum Gasteiger partial charge on any atom is 0.239 e. The molecule has 17 heavy (non-hydrogen) atoms. The first-order valence-electron chi connectivity index (χ1n) is 6.95. The summed E-state index contributed by atoms with van der Waals surface area (Å²) in [5.74, 6) is 1.01. The van der Waals surface area contributed by atoms with Gasteiger partial charge < -0.3 is 15.0 Å². The van der Waals surface area contributed by atoms with E-state index in [0.717, 1.165) is 39.1 Å². The molecule has 2 aliphatic heterocycles. The molecule has 4 heteroatoms. The molecular weight excluding hydrogens is 216 g/mol. The zero-order chi connectivity index (χ0) is 11.7. The molecule has 1 N–H and O–H groups in total. The molecule has 3 rings (SSSR count). The van der Waals surface area contributed by atoms with E-state index in [1.54, 1.807) is 0 Å². The second-order valence-corrected chi connectivity index (χ2v) is 5.63. The normalized spacial score (nSPS) is 33.6. The Kier molecular flexibility index (Phi) is 3.34. The summed E-state index contributed by atoms with van der Waals surface area (Å²) in [4.78, 5) is 14.1. The third-order valence-electron chi connectivity index (χ3n) is 4.14. The first-order valence-corrected chi connectivity index (χ1v) is 6.95. The topological polar surface area (TPSA) is 41.6 Å². The molecule has 3 fully saturated rings. The summed E-state index contributed by atoms with van der Waals surface area (Å²) < 4.78 is 5.37. The lowest BCUT2D eigenvalue weighted by Gasteiger charge is -2.18. The molecule has 4 nitrogen and oxygen atoms in total. The Morgan fingerprint density at radius 3 is 2.88 bits per heavy atom. The van der Waals surface area contributed by atoms with E-state index in [0.29, 0.717) is 17.9 Å². The fourth-order valence-corrected chi connectivity index (χ4v) is 2.80. The number of likely N-dealkylation sites (tertiary alicyclic amines) is 1. The Morgan fingerprint density at radius 2 is 2.18 bits per heavy atom. The SMILES string of the molecule is O=C1C(NC2CC2)CCN1CCC1CCOC1. The number of rotatable bonds is 5. The average Bonchev–Trinajstić information content (AvgIpc) is 2.86. The van der Waals surface area contributed by atoms with Gasteiger partial charge in [0.25, 0.3) is 0 Å². The summed E-state index contributed by atoms with van der Waals surface area (Å²) in [7, 11) is 0. The van der Waals surface area contributed by atoms with Crippen LogP contribution in [0.2, 0.25) is 0 Å². The summed E-state index contributed by atoms with van der Waals surface area (Å²) in [6.45, 7) is 3.67. The van der Waals surface area contributed by atoms with E-state index in [1.807, 2.05) is 4.90 Å². The van der Waals surface area contributed by atoms with Gasteiger partial charge in [-0.15, -0.1) is 0 Å². The quantitative estimate of drug-likeness (QED) is 0.769. The van der Waals surface area contributed by atoms with E-state index in [-0.39, 0.29) is 6.04 Å². The average molecular weight is 238 g/mol. The van der Waals surface area contributed by atoms with Crippen LogP contribution in [0.5, 0.6) is 0 Å². The molecule has 2 atom stereocenters. The van der Waals surface area contributed by atoms with E-state index in [4.69, 9.17) is 4.74 Å². The summed E-state index contributed by atoms with van der Waals surface area (Å²) in [6.07, 6.45) is 5.79. The van der Waals surface area contributed by atoms with Crippen molar-refractivity contribution in [1.82, 2.24) is 10.2 Å². The van der Waals surface area contributed by atoms with Gasteiger partial charge in [0, 0.05) is 32.3 Å². The third-order valence-corrected chi connectivity index (χ3v) is 4.14. The van der Waals surface area contributed by atoms with Crippen LogP contribution in [0.3, 0.4) is 0 Å². The first kappa shape index (κ1) is 11.5. The molecule has 1 aliphatic carbocycles. The largest absolute Gasteiger partial charge is 0.381 e. The highest BCUT2D eigenvalue weighted by atomic mass is 16.5. The molecule has 0 bridgehead atoms. The van der Waals surface area contributed by atoms with Crippen molar-refractivity contribution in [3.8, 4) is 0 Å². The molecule has 0 aromatic rings. The molecule has 1 saturated carbocycles. The predicted molar refractivity (Wildman–Crippen MR) is 64.7 cm³/mol. The van der Waals surface area contributed by atoms with Crippen LogP contribution in [0.15, 0.2) is 0 Å².